The van der Waals surface area contributed by atoms with E-state index in [2.05, 4.69) is 10.3 Å². The number of piperidine rings is 1. The van der Waals surface area contributed by atoms with Crippen LogP contribution in [0.5, 0.6) is 0 Å². The van der Waals surface area contributed by atoms with Gasteiger partial charge in [0.15, 0.2) is 5.03 Å². The van der Waals surface area contributed by atoms with E-state index < -0.39 is 15.6 Å². The lowest BCUT2D eigenvalue weighted by Gasteiger charge is -2.38. The Morgan fingerprint density at radius 2 is 2.25 bits per heavy atom. The van der Waals surface area contributed by atoms with Crippen LogP contribution in [0.2, 0.25) is 0 Å². The van der Waals surface area contributed by atoms with Gasteiger partial charge < -0.3 is 10.1 Å². The number of methoxy groups -OCH3 is 1. The zero-order chi connectivity index (χ0) is 14.8. The van der Waals surface area contributed by atoms with Gasteiger partial charge in [0.1, 0.15) is 0 Å². The van der Waals surface area contributed by atoms with Gasteiger partial charge in [-0.1, -0.05) is 0 Å². The Balaban J connectivity index is 2.35. The third kappa shape index (κ3) is 2.79. The van der Waals surface area contributed by atoms with E-state index in [0.717, 1.165) is 12.8 Å². The highest BCUT2D eigenvalue weighted by atomic mass is 32.2. The largest absolute Gasteiger partial charge is 0.386 e. The molecule has 0 saturated carbocycles. The lowest BCUT2D eigenvalue weighted by atomic mass is 9.96. The van der Waals surface area contributed by atoms with Gasteiger partial charge in [-0.05, 0) is 31.9 Å². The number of rotatable bonds is 4. The van der Waals surface area contributed by atoms with Crippen LogP contribution in [0.3, 0.4) is 0 Å². The summed E-state index contributed by atoms with van der Waals surface area (Å²) in [4.78, 5) is 4.04. The van der Waals surface area contributed by atoms with Crippen molar-refractivity contribution in [2.75, 3.05) is 32.6 Å². The summed E-state index contributed by atoms with van der Waals surface area (Å²) in [6.07, 6.45) is 3.13. The Labute approximate surface area is 120 Å². The lowest BCUT2D eigenvalue weighted by Crippen LogP contribution is -2.49. The van der Waals surface area contributed by atoms with Crippen molar-refractivity contribution in [2.24, 2.45) is 0 Å². The number of aromatic nitrogens is 1. The van der Waals surface area contributed by atoms with Gasteiger partial charge in [0.05, 0.1) is 11.3 Å². The van der Waals surface area contributed by atoms with Gasteiger partial charge in [-0.3, -0.25) is 0 Å². The standard InChI is InChI=1S/C13H21N3O3S/c1-13(19-3)7-5-9-16(10-13)20(17,18)12-11(14-2)6-4-8-15-12/h4,6,8,14H,5,7,9-10H2,1-3H3. The van der Waals surface area contributed by atoms with E-state index in [0.29, 0.717) is 18.8 Å². The van der Waals surface area contributed by atoms with Crippen molar-refractivity contribution in [1.29, 1.82) is 0 Å². The number of nitrogens with one attached hydrogen (secondary N) is 1. The molecule has 0 spiro atoms. The highest BCUT2D eigenvalue weighted by molar-refractivity contribution is 7.89. The Kier molecular flexibility index (Phi) is 4.31. The van der Waals surface area contributed by atoms with E-state index in [1.807, 2.05) is 6.92 Å². The number of pyridine rings is 1. The van der Waals surface area contributed by atoms with Gasteiger partial charge in [0.2, 0.25) is 0 Å². The molecule has 1 aliphatic heterocycles. The quantitative estimate of drug-likeness (QED) is 0.907. The van der Waals surface area contributed by atoms with E-state index in [4.69, 9.17) is 4.74 Å². The molecule has 1 N–H and O–H groups in total. The van der Waals surface area contributed by atoms with Crippen molar-refractivity contribution >= 4 is 15.7 Å². The summed E-state index contributed by atoms with van der Waals surface area (Å²) in [6.45, 7) is 2.79. The van der Waals surface area contributed by atoms with Crippen molar-refractivity contribution in [1.82, 2.24) is 9.29 Å². The van der Waals surface area contributed by atoms with Crippen molar-refractivity contribution in [3.8, 4) is 0 Å². The second-order valence-corrected chi connectivity index (χ2v) is 7.06. The maximum atomic E-state index is 12.7. The monoisotopic (exact) mass is 299 g/mol. The Hall–Kier alpha value is -1.18. The van der Waals surface area contributed by atoms with Gasteiger partial charge in [-0.25, -0.2) is 13.4 Å². The zero-order valence-corrected chi connectivity index (χ0v) is 12.9. The van der Waals surface area contributed by atoms with Crippen LogP contribution in [0.4, 0.5) is 5.69 Å². The first-order valence-electron chi connectivity index (χ1n) is 6.61. The Bertz CT molecular complexity index is 576. The van der Waals surface area contributed by atoms with E-state index >= 15 is 0 Å². The summed E-state index contributed by atoms with van der Waals surface area (Å²) in [5.41, 5.74) is 0.0806. The Morgan fingerprint density at radius 1 is 1.50 bits per heavy atom. The molecule has 0 aromatic carbocycles. The SMILES string of the molecule is CNc1cccnc1S(=O)(=O)N1CCCC(C)(OC)C1. The average molecular weight is 299 g/mol. The second-order valence-electron chi connectivity index (χ2n) is 5.20. The van der Waals surface area contributed by atoms with Crippen molar-refractivity contribution in [3.05, 3.63) is 18.3 Å². The first kappa shape index (κ1) is 15.2. The summed E-state index contributed by atoms with van der Waals surface area (Å²) < 4.78 is 32.4. The normalized spacial score (nSPS) is 24.6. The molecule has 0 bridgehead atoms. The van der Waals surface area contributed by atoms with Crippen LogP contribution in [-0.4, -0.2) is 50.6 Å². The zero-order valence-electron chi connectivity index (χ0n) is 12.1. The molecular formula is C13H21N3O3S. The average Bonchev–Trinajstić information content (AvgIpc) is 2.47. The third-order valence-electron chi connectivity index (χ3n) is 3.74. The number of hydrogen-bond donors (Lipinski definition) is 1. The molecule has 0 aliphatic carbocycles. The maximum absolute atomic E-state index is 12.7. The van der Waals surface area contributed by atoms with Crippen molar-refractivity contribution < 1.29 is 13.2 Å². The lowest BCUT2D eigenvalue weighted by molar-refractivity contribution is -0.0319. The van der Waals surface area contributed by atoms with Gasteiger partial charge in [-0.2, -0.15) is 4.31 Å². The van der Waals surface area contributed by atoms with Crippen LogP contribution in [0, 0.1) is 0 Å². The number of sulfonamides is 1. The predicted molar refractivity (Wildman–Crippen MR) is 77.2 cm³/mol. The summed E-state index contributed by atoms with van der Waals surface area (Å²) >= 11 is 0. The molecule has 0 radical (unpaired) electrons. The van der Waals surface area contributed by atoms with Crippen molar-refractivity contribution in [3.63, 3.8) is 0 Å². The van der Waals surface area contributed by atoms with Gasteiger partial charge in [0, 0.05) is 33.4 Å². The molecule has 2 rings (SSSR count). The summed E-state index contributed by atoms with van der Waals surface area (Å²) in [5.74, 6) is 0. The number of nitrogens with zero attached hydrogens (tertiary/aromatic N) is 2. The summed E-state index contributed by atoms with van der Waals surface area (Å²) in [7, 11) is -0.299. The smallest absolute Gasteiger partial charge is 0.262 e. The third-order valence-corrected chi connectivity index (χ3v) is 5.55. The van der Waals surface area contributed by atoms with E-state index in [1.165, 1.54) is 10.5 Å². The van der Waals surface area contributed by atoms with Crippen LogP contribution in [0.1, 0.15) is 19.8 Å². The molecule has 20 heavy (non-hydrogen) atoms. The van der Waals surface area contributed by atoms with Crippen LogP contribution < -0.4 is 5.32 Å². The highest BCUT2D eigenvalue weighted by Gasteiger charge is 2.38. The first-order valence-corrected chi connectivity index (χ1v) is 8.05. The molecule has 1 saturated heterocycles. The van der Waals surface area contributed by atoms with E-state index in [-0.39, 0.29) is 5.03 Å². The fourth-order valence-corrected chi connectivity index (χ4v) is 4.14. The van der Waals surface area contributed by atoms with E-state index in [9.17, 15) is 8.42 Å². The van der Waals surface area contributed by atoms with Crippen LogP contribution in [0.15, 0.2) is 23.4 Å². The van der Waals surface area contributed by atoms with Crippen molar-refractivity contribution in [2.45, 2.75) is 30.4 Å². The molecule has 7 heteroatoms. The molecule has 112 valence electrons. The molecule has 0 amide bonds. The molecule has 1 aromatic rings. The fourth-order valence-electron chi connectivity index (χ4n) is 2.44. The van der Waals surface area contributed by atoms with Gasteiger partial charge in [-0.15, -0.1) is 0 Å². The van der Waals surface area contributed by atoms with Gasteiger partial charge >= 0.3 is 0 Å². The highest BCUT2D eigenvalue weighted by Crippen LogP contribution is 2.29. The maximum Gasteiger partial charge on any atom is 0.262 e. The molecule has 6 nitrogen and oxygen atoms in total. The van der Waals surface area contributed by atoms with E-state index in [1.54, 1.807) is 26.3 Å². The molecule has 2 heterocycles. The minimum atomic E-state index is -3.61. The first-order chi connectivity index (χ1) is 9.43. The van der Waals surface area contributed by atoms with Gasteiger partial charge in [0.25, 0.3) is 10.0 Å². The minimum Gasteiger partial charge on any atom is -0.386 e. The topological polar surface area (TPSA) is 71.5 Å². The van der Waals surface area contributed by atoms with Crippen LogP contribution in [0.25, 0.3) is 0 Å². The second kappa shape index (κ2) is 5.67. The van der Waals surface area contributed by atoms with Crippen LogP contribution >= 0.6 is 0 Å². The number of hydrogen-bond acceptors (Lipinski definition) is 5. The minimum absolute atomic E-state index is 0.0721. The summed E-state index contributed by atoms with van der Waals surface area (Å²) in [5, 5.41) is 2.95. The molecule has 1 unspecified atom stereocenters. The molecule has 1 aliphatic rings. The Morgan fingerprint density at radius 3 is 2.90 bits per heavy atom. The number of ether oxygens (including phenoxy) is 1. The molecular weight excluding hydrogens is 278 g/mol. The predicted octanol–water partition coefficient (Wildman–Crippen LogP) is 1.31. The summed E-state index contributed by atoms with van der Waals surface area (Å²) in [6, 6.07) is 3.42. The number of anilines is 1. The molecule has 1 atom stereocenters. The molecule has 1 aromatic heterocycles. The van der Waals surface area contributed by atoms with Crippen LogP contribution in [-0.2, 0) is 14.8 Å². The molecule has 1 fully saturated rings. The fraction of sp³-hybridized carbons (Fsp3) is 0.615.